The Hall–Kier alpha value is -0.130. The average molecular weight is 221 g/mol. The van der Waals surface area contributed by atoms with Crippen LogP contribution in [-0.4, -0.2) is 42.8 Å². The van der Waals surface area contributed by atoms with Gasteiger partial charge < -0.3 is 5.11 Å². The summed E-state index contributed by atoms with van der Waals surface area (Å²) < 4.78 is 24.6. The van der Waals surface area contributed by atoms with Crippen molar-refractivity contribution < 1.29 is 13.5 Å². The molecule has 0 aromatic heterocycles. The second-order valence-electron chi connectivity index (χ2n) is 4.23. The first-order chi connectivity index (χ1) is 6.42. The fourth-order valence-corrected chi connectivity index (χ4v) is 3.70. The number of rotatable bonds is 4. The molecule has 0 amide bonds. The molecule has 0 saturated carbocycles. The van der Waals surface area contributed by atoms with E-state index < -0.39 is 10.0 Å². The Bertz CT molecular complexity index is 274. The van der Waals surface area contributed by atoms with E-state index in [1.165, 1.54) is 0 Å². The quantitative estimate of drug-likeness (QED) is 0.749. The molecule has 1 heterocycles. The van der Waals surface area contributed by atoms with Crippen molar-refractivity contribution in [3.8, 4) is 0 Å². The number of aliphatic hydroxyl groups excluding tert-OH is 1. The van der Waals surface area contributed by atoms with Crippen molar-refractivity contribution in [2.75, 3.05) is 18.8 Å². The zero-order valence-electron chi connectivity index (χ0n) is 8.81. The maximum Gasteiger partial charge on any atom is 0.214 e. The average Bonchev–Trinajstić information content (AvgIpc) is 2.24. The summed E-state index contributed by atoms with van der Waals surface area (Å²) in [4.78, 5) is 0. The van der Waals surface area contributed by atoms with Gasteiger partial charge in [-0.25, -0.2) is 12.7 Å². The molecule has 0 aromatic rings. The highest BCUT2D eigenvalue weighted by molar-refractivity contribution is 7.89. The second-order valence-corrected chi connectivity index (χ2v) is 6.25. The number of hydrogen-bond donors (Lipinski definition) is 1. The van der Waals surface area contributed by atoms with E-state index in [-0.39, 0.29) is 17.8 Å². The lowest BCUT2D eigenvalue weighted by Crippen LogP contribution is -2.27. The van der Waals surface area contributed by atoms with Gasteiger partial charge in [0.1, 0.15) is 0 Å². The summed E-state index contributed by atoms with van der Waals surface area (Å²) in [5, 5.41) is 9.04. The lowest BCUT2D eigenvalue weighted by atomic mass is 10.2. The molecule has 2 unspecified atom stereocenters. The van der Waals surface area contributed by atoms with Crippen molar-refractivity contribution in [2.24, 2.45) is 5.92 Å². The van der Waals surface area contributed by atoms with E-state index in [2.05, 4.69) is 0 Å². The number of nitrogens with zero attached hydrogens (tertiary/aromatic N) is 1. The van der Waals surface area contributed by atoms with Gasteiger partial charge in [-0.2, -0.15) is 0 Å². The molecule has 1 fully saturated rings. The molecule has 1 N–H and O–H groups in total. The van der Waals surface area contributed by atoms with E-state index in [4.69, 9.17) is 5.11 Å². The predicted molar refractivity (Wildman–Crippen MR) is 55.4 cm³/mol. The zero-order chi connectivity index (χ0) is 10.8. The third kappa shape index (κ3) is 3.22. The molecule has 4 nitrogen and oxygen atoms in total. The van der Waals surface area contributed by atoms with E-state index >= 15 is 0 Å². The van der Waals surface area contributed by atoms with E-state index in [1.54, 1.807) is 11.2 Å². The van der Waals surface area contributed by atoms with Gasteiger partial charge in [0.25, 0.3) is 0 Å². The molecule has 1 rings (SSSR count). The number of aliphatic hydroxyl groups is 1. The van der Waals surface area contributed by atoms with Gasteiger partial charge >= 0.3 is 0 Å². The summed E-state index contributed by atoms with van der Waals surface area (Å²) in [5.41, 5.74) is 0. The first-order valence-electron chi connectivity index (χ1n) is 5.07. The van der Waals surface area contributed by atoms with Gasteiger partial charge in [-0.3, -0.25) is 0 Å². The monoisotopic (exact) mass is 221 g/mol. The van der Waals surface area contributed by atoms with Gasteiger partial charge in [-0.15, -0.1) is 0 Å². The first-order valence-corrected chi connectivity index (χ1v) is 6.68. The van der Waals surface area contributed by atoms with Gasteiger partial charge in [0.05, 0.1) is 11.9 Å². The third-order valence-electron chi connectivity index (χ3n) is 2.43. The van der Waals surface area contributed by atoms with E-state index in [1.807, 2.05) is 6.92 Å². The van der Waals surface area contributed by atoms with Crippen LogP contribution in [0, 0.1) is 5.92 Å². The molecule has 1 aliphatic heterocycles. The Morgan fingerprint density at radius 2 is 2.21 bits per heavy atom. The minimum Gasteiger partial charge on any atom is -0.393 e. The van der Waals surface area contributed by atoms with Gasteiger partial charge in [0.15, 0.2) is 0 Å². The number of hydrogen-bond acceptors (Lipinski definition) is 3. The van der Waals surface area contributed by atoms with Crippen molar-refractivity contribution in [2.45, 2.75) is 32.8 Å². The molecular formula is C9H19NO3S. The molecule has 2 atom stereocenters. The van der Waals surface area contributed by atoms with Crippen LogP contribution in [0.2, 0.25) is 0 Å². The molecule has 0 spiro atoms. The Balaban J connectivity index is 2.38. The minimum absolute atomic E-state index is 0.242. The van der Waals surface area contributed by atoms with Crippen LogP contribution in [0.4, 0.5) is 0 Å². The van der Waals surface area contributed by atoms with Crippen LogP contribution >= 0.6 is 0 Å². The predicted octanol–water partition coefficient (Wildman–Crippen LogP) is 0.429. The highest BCUT2D eigenvalue weighted by atomic mass is 32.2. The Morgan fingerprint density at radius 1 is 1.57 bits per heavy atom. The van der Waals surface area contributed by atoms with Crippen LogP contribution in [0.3, 0.4) is 0 Å². The van der Waals surface area contributed by atoms with Gasteiger partial charge in [0, 0.05) is 13.1 Å². The Kier molecular flexibility index (Phi) is 3.92. The summed E-state index contributed by atoms with van der Waals surface area (Å²) in [5.74, 6) is 0.522. The molecule has 0 aromatic carbocycles. The van der Waals surface area contributed by atoms with Crippen molar-refractivity contribution in [1.29, 1.82) is 0 Å². The minimum atomic E-state index is -2.98. The van der Waals surface area contributed by atoms with Crippen molar-refractivity contribution in [1.82, 2.24) is 4.31 Å². The highest BCUT2D eigenvalue weighted by Gasteiger charge is 2.32. The molecule has 1 saturated heterocycles. The molecule has 1 aliphatic rings. The topological polar surface area (TPSA) is 57.6 Å². The summed E-state index contributed by atoms with van der Waals surface area (Å²) in [7, 11) is -2.98. The van der Waals surface area contributed by atoms with Gasteiger partial charge in [-0.1, -0.05) is 6.92 Å². The molecule has 14 heavy (non-hydrogen) atoms. The van der Waals surface area contributed by atoms with E-state index in [9.17, 15) is 8.42 Å². The standard InChI is InChI=1S/C9H19NO3S/c1-8-6-10(14(12,13)7-8)5-3-4-9(2)11/h8-9,11H,3-7H2,1-2H3. The van der Waals surface area contributed by atoms with Crippen molar-refractivity contribution >= 4 is 10.0 Å². The van der Waals surface area contributed by atoms with Crippen LogP contribution in [0.5, 0.6) is 0 Å². The molecule has 0 radical (unpaired) electrons. The molecule has 0 bridgehead atoms. The molecular weight excluding hydrogens is 202 g/mol. The van der Waals surface area contributed by atoms with Crippen molar-refractivity contribution in [3.63, 3.8) is 0 Å². The van der Waals surface area contributed by atoms with Crippen LogP contribution in [0.15, 0.2) is 0 Å². The fourth-order valence-electron chi connectivity index (χ4n) is 1.77. The lowest BCUT2D eigenvalue weighted by molar-refractivity contribution is 0.178. The largest absolute Gasteiger partial charge is 0.393 e. The molecule has 84 valence electrons. The summed E-state index contributed by atoms with van der Waals surface area (Å²) >= 11 is 0. The normalized spacial score (nSPS) is 29.2. The van der Waals surface area contributed by atoms with Gasteiger partial charge in [0.2, 0.25) is 10.0 Å². The van der Waals surface area contributed by atoms with E-state index in [0.29, 0.717) is 19.5 Å². The third-order valence-corrected chi connectivity index (χ3v) is 4.54. The Morgan fingerprint density at radius 3 is 2.64 bits per heavy atom. The lowest BCUT2D eigenvalue weighted by Gasteiger charge is -2.14. The number of sulfonamides is 1. The van der Waals surface area contributed by atoms with Gasteiger partial charge in [-0.05, 0) is 25.7 Å². The van der Waals surface area contributed by atoms with Crippen LogP contribution < -0.4 is 0 Å². The first kappa shape index (κ1) is 11.9. The van der Waals surface area contributed by atoms with Crippen LogP contribution in [-0.2, 0) is 10.0 Å². The smallest absolute Gasteiger partial charge is 0.214 e. The van der Waals surface area contributed by atoms with Crippen LogP contribution in [0.1, 0.15) is 26.7 Å². The highest BCUT2D eigenvalue weighted by Crippen LogP contribution is 2.19. The maximum atomic E-state index is 11.5. The molecule has 0 aliphatic carbocycles. The summed E-state index contributed by atoms with van der Waals surface area (Å²) in [6.07, 6.45) is 1.07. The van der Waals surface area contributed by atoms with Crippen molar-refractivity contribution in [3.05, 3.63) is 0 Å². The molecule has 5 heteroatoms. The zero-order valence-corrected chi connectivity index (χ0v) is 9.63. The summed E-state index contributed by atoms with van der Waals surface area (Å²) in [6, 6.07) is 0. The fraction of sp³-hybridized carbons (Fsp3) is 1.00. The van der Waals surface area contributed by atoms with E-state index in [0.717, 1.165) is 6.42 Å². The van der Waals surface area contributed by atoms with Crippen LogP contribution in [0.25, 0.3) is 0 Å². The summed E-state index contributed by atoms with van der Waals surface area (Å²) in [6.45, 7) is 4.87. The second kappa shape index (κ2) is 4.59. The Labute approximate surface area is 86.0 Å². The maximum absolute atomic E-state index is 11.5. The SMILES string of the molecule is CC(O)CCCN1CC(C)CS1(=O)=O.